The van der Waals surface area contributed by atoms with Crippen LogP contribution >= 0.6 is 0 Å². The molecule has 31 heavy (non-hydrogen) atoms. The van der Waals surface area contributed by atoms with Crippen molar-refractivity contribution in [2.75, 3.05) is 13.7 Å². The normalized spacial score (nSPS) is 13.6. The van der Waals surface area contributed by atoms with Gasteiger partial charge in [-0.3, -0.25) is 9.59 Å². The Morgan fingerprint density at radius 2 is 1.94 bits per heavy atom. The number of benzene rings is 2. The summed E-state index contributed by atoms with van der Waals surface area (Å²) in [6.45, 7) is 7.82. The quantitative estimate of drug-likeness (QED) is 0.499. The van der Waals surface area contributed by atoms with Gasteiger partial charge in [-0.1, -0.05) is 43.5 Å². The minimum Gasteiger partial charge on any atom is -0.506 e. The molecule has 1 aliphatic heterocycles. The smallest absolute Gasteiger partial charge is 0.325 e. The topological polar surface area (TPSA) is 84.9 Å². The Bertz CT molecular complexity index is 1010. The third-order valence-corrected chi connectivity index (χ3v) is 5.70. The van der Waals surface area contributed by atoms with Crippen molar-refractivity contribution in [3.05, 3.63) is 46.5 Å². The monoisotopic (exact) mass is 425 g/mol. The lowest BCUT2D eigenvalue weighted by atomic mass is 9.83. The Labute approximate surface area is 183 Å². The summed E-state index contributed by atoms with van der Waals surface area (Å²) in [7, 11) is 1.26. The zero-order valence-corrected chi connectivity index (χ0v) is 18.9. The molecule has 3 rings (SSSR count). The van der Waals surface area contributed by atoms with E-state index in [-0.39, 0.29) is 17.9 Å². The predicted molar refractivity (Wildman–Crippen MR) is 120 cm³/mol. The molecule has 166 valence electrons. The molecule has 1 heterocycles. The molecule has 1 aliphatic rings. The summed E-state index contributed by atoms with van der Waals surface area (Å²) in [5.41, 5.74) is 3.68. The fourth-order valence-electron chi connectivity index (χ4n) is 4.09. The molecule has 0 bridgehead atoms. The first kappa shape index (κ1) is 22.7. The number of carbonyl (C=O) groups excluding carboxylic acids is 2. The molecule has 1 amide bonds. The van der Waals surface area contributed by atoms with E-state index in [9.17, 15) is 14.7 Å². The molecule has 0 saturated carbocycles. The van der Waals surface area contributed by atoms with Crippen LogP contribution in [0, 0.1) is 6.92 Å². The standard InChI is InChI=1S/C25H31NO5/c1-6-7-8-9-16-13-19-22(23(28)21(16)24(29)26-14-20(27)30-5)17-12-15(2)10-11-18(17)25(3,4)31-19/h10-13,28H,6-9,14H2,1-5H3,(H,26,29). The summed E-state index contributed by atoms with van der Waals surface area (Å²) >= 11 is 0. The van der Waals surface area contributed by atoms with Crippen molar-refractivity contribution in [1.82, 2.24) is 5.32 Å². The SMILES string of the molecule is CCCCCc1cc2c(c(O)c1C(=O)NCC(=O)OC)-c1cc(C)ccc1C(C)(C)O2. The van der Waals surface area contributed by atoms with Crippen molar-refractivity contribution in [2.24, 2.45) is 0 Å². The Hall–Kier alpha value is -3.02. The van der Waals surface area contributed by atoms with Gasteiger partial charge in [0.25, 0.3) is 5.91 Å². The average molecular weight is 426 g/mol. The lowest BCUT2D eigenvalue weighted by Gasteiger charge is -2.36. The van der Waals surface area contributed by atoms with Gasteiger partial charge in [0.05, 0.1) is 18.2 Å². The molecular weight excluding hydrogens is 394 g/mol. The van der Waals surface area contributed by atoms with Crippen molar-refractivity contribution >= 4 is 11.9 Å². The van der Waals surface area contributed by atoms with Crippen LogP contribution in [0.3, 0.4) is 0 Å². The van der Waals surface area contributed by atoms with Gasteiger partial charge in [0, 0.05) is 5.56 Å². The fraction of sp³-hybridized carbons (Fsp3) is 0.440. The first-order chi connectivity index (χ1) is 14.7. The second-order valence-electron chi connectivity index (χ2n) is 8.51. The molecule has 0 atom stereocenters. The van der Waals surface area contributed by atoms with Crippen LogP contribution in [0.4, 0.5) is 0 Å². The summed E-state index contributed by atoms with van der Waals surface area (Å²) in [5, 5.41) is 13.9. The van der Waals surface area contributed by atoms with Crippen LogP contribution in [0.25, 0.3) is 11.1 Å². The van der Waals surface area contributed by atoms with Crippen LogP contribution in [0.1, 0.15) is 67.1 Å². The number of methoxy groups -OCH3 is 1. The van der Waals surface area contributed by atoms with E-state index in [0.717, 1.165) is 36.0 Å². The summed E-state index contributed by atoms with van der Waals surface area (Å²) in [6.07, 6.45) is 3.55. The molecule has 0 saturated heterocycles. The van der Waals surface area contributed by atoms with E-state index < -0.39 is 17.5 Å². The van der Waals surface area contributed by atoms with Crippen LogP contribution in [-0.4, -0.2) is 30.6 Å². The molecule has 0 spiro atoms. The summed E-state index contributed by atoms with van der Waals surface area (Å²) in [5.74, 6) is -0.606. The highest BCUT2D eigenvalue weighted by Gasteiger charge is 2.36. The molecule has 6 heteroatoms. The van der Waals surface area contributed by atoms with E-state index in [2.05, 4.69) is 17.0 Å². The Morgan fingerprint density at radius 3 is 2.61 bits per heavy atom. The van der Waals surface area contributed by atoms with Crippen LogP contribution in [-0.2, 0) is 21.6 Å². The lowest BCUT2D eigenvalue weighted by Crippen LogP contribution is -2.32. The Morgan fingerprint density at radius 1 is 1.19 bits per heavy atom. The number of aromatic hydroxyl groups is 1. The van der Waals surface area contributed by atoms with Gasteiger partial charge in [0.15, 0.2) is 0 Å². The van der Waals surface area contributed by atoms with E-state index in [1.165, 1.54) is 7.11 Å². The third kappa shape index (κ3) is 4.53. The van der Waals surface area contributed by atoms with Gasteiger partial charge in [-0.05, 0) is 50.8 Å². The van der Waals surface area contributed by atoms with Crippen LogP contribution in [0.2, 0.25) is 0 Å². The zero-order chi connectivity index (χ0) is 22.8. The number of fused-ring (bicyclic) bond motifs is 3. The molecule has 2 aromatic carbocycles. The van der Waals surface area contributed by atoms with E-state index >= 15 is 0 Å². The van der Waals surface area contributed by atoms with Crippen LogP contribution in [0.5, 0.6) is 11.5 Å². The highest BCUT2D eigenvalue weighted by Crippen LogP contribution is 2.51. The average Bonchev–Trinajstić information content (AvgIpc) is 2.71. The van der Waals surface area contributed by atoms with Crippen molar-refractivity contribution in [3.8, 4) is 22.6 Å². The lowest BCUT2D eigenvalue weighted by molar-refractivity contribution is -0.139. The second kappa shape index (κ2) is 9.00. The van der Waals surface area contributed by atoms with Gasteiger partial charge in [0.1, 0.15) is 23.6 Å². The van der Waals surface area contributed by atoms with Crippen LogP contribution < -0.4 is 10.1 Å². The van der Waals surface area contributed by atoms with Gasteiger partial charge < -0.3 is 19.9 Å². The minimum atomic E-state index is -0.572. The maximum absolute atomic E-state index is 13.0. The van der Waals surface area contributed by atoms with Crippen molar-refractivity contribution in [3.63, 3.8) is 0 Å². The maximum atomic E-state index is 13.0. The van der Waals surface area contributed by atoms with Crippen molar-refractivity contribution in [2.45, 2.75) is 59.0 Å². The summed E-state index contributed by atoms with van der Waals surface area (Å²) in [6, 6.07) is 7.88. The molecule has 0 fully saturated rings. The molecule has 0 radical (unpaired) electrons. The number of amides is 1. The summed E-state index contributed by atoms with van der Waals surface area (Å²) < 4.78 is 10.9. The van der Waals surface area contributed by atoms with Crippen molar-refractivity contribution < 1.29 is 24.2 Å². The molecule has 6 nitrogen and oxygen atoms in total. The van der Waals surface area contributed by atoms with E-state index in [1.807, 2.05) is 45.0 Å². The molecular formula is C25H31NO5. The predicted octanol–water partition coefficient (Wildman–Crippen LogP) is 4.63. The Kier molecular flexibility index (Phi) is 6.58. The highest BCUT2D eigenvalue weighted by atomic mass is 16.5. The first-order valence-corrected chi connectivity index (χ1v) is 10.7. The number of phenolic OH excluding ortho intramolecular Hbond substituents is 1. The van der Waals surface area contributed by atoms with Gasteiger partial charge in [-0.15, -0.1) is 0 Å². The molecule has 2 aromatic rings. The van der Waals surface area contributed by atoms with E-state index in [4.69, 9.17) is 4.74 Å². The van der Waals surface area contributed by atoms with E-state index in [0.29, 0.717) is 23.3 Å². The molecule has 0 unspecified atom stereocenters. The molecule has 0 aromatic heterocycles. The maximum Gasteiger partial charge on any atom is 0.325 e. The number of rotatable bonds is 7. The van der Waals surface area contributed by atoms with Crippen LogP contribution in [0.15, 0.2) is 24.3 Å². The highest BCUT2D eigenvalue weighted by molar-refractivity contribution is 6.03. The van der Waals surface area contributed by atoms with Crippen molar-refractivity contribution in [1.29, 1.82) is 0 Å². The number of nitrogens with one attached hydrogen (secondary N) is 1. The number of hydrogen-bond acceptors (Lipinski definition) is 5. The number of ether oxygens (including phenoxy) is 2. The van der Waals surface area contributed by atoms with Gasteiger partial charge >= 0.3 is 5.97 Å². The van der Waals surface area contributed by atoms with Gasteiger partial charge in [0.2, 0.25) is 0 Å². The minimum absolute atomic E-state index is 0.117. The fourth-order valence-corrected chi connectivity index (χ4v) is 4.09. The zero-order valence-electron chi connectivity index (χ0n) is 18.9. The number of hydrogen-bond donors (Lipinski definition) is 2. The van der Waals surface area contributed by atoms with E-state index in [1.54, 1.807) is 0 Å². The number of unbranched alkanes of at least 4 members (excludes halogenated alkanes) is 2. The summed E-state index contributed by atoms with van der Waals surface area (Å²) in [4.78, 5) is 24.5. The Balaban J connectivity index is 2.16. The number of aryl methyl sites for hydroxylation is 2. The number of phenols is 1. The number of carbonyl (C=O) groups is 2. The largest absolute Gasteiger partial charge is 0.506 e. The number of esters is 1. The first-order valence-electron chi connectivity index (χ1n) is 10.7. The van der Waals surface area contributed by atoms with Gasteiger partial charge in [-0.2, -0.15) is 0 Å². The molecule has 0 aliphatic carbocycles. The second-order valence-corrected chi connectivity index (χ2v) is 8.51. The van der Waals surface area contributed by atoms with Gasteiger partial charge in [-0.25, -0.2) is 0 Å². The molecule has 2 N–H and O–H groups in total. The third-order valence-electron chi connectivity index (χ3n) is 5.70.